The molecule has 0 unspecified atom stereocenters. The second kappa shape index (κ2) is 10.2. The number of hydrogen-bond acceptors (Lipinski definition) is 9. The molecule has 3 aromatic rings. The third-order valence-electron chi connectivity index (χ3n) is 3.99. The Balaban J connectivity index is 1.77. The number of rotatable bonds is 9. The molecule has 2 aromatic carbocycles. The third-order valence-corrected chi connectivity index (χ3v) is 3.99. The normalized spacial score (nSPS) is 10.7. The number of hydrazone groups is 1. The van der Waals surface area contributed by atoms with Crippen molar-refractivity contribution in [2.75, 3.05) is 43.5 Å². The first-order valence-electron chi connectivity index (χ1n) is 9.54. The summed E-state index contributed by atoms with van der Waals surface area (Å²) in [6, 6.07) is 11.4. The number of nitrogens with zero attached hydrogens (tertiary/aromatic N) is 5. The molecular weight excluding hydrogens is 401 g/mol. The fraction of sp³-hybridized carbons (Fsp3) is 0.238. The molecule has 0 bridgehead atoms. The SMILES string of the molecule is CCOc1ccc(/C=N/Nc2nc(Nc3ccc(F)cc3)nc(N(C)C)n2)cc1OC. The van der Waals surface area contributed by atoms with Crippen molar-refractivity contribution in [1.29, 1.82) is 0 Å². The zero-order chi connectivity index (χ0) is 22.2. The van der Waals surface area contributed by atoms with E-state index in [0.29, 0.717) is 35.7 Å². The first-order chi connectivity index (χ1) is 15.0. The van der Waals surface area contributed by atoms with E-state index in [1.54, 1.807) is 30.4 Å². The minimum absolute atomic E-state index is 0.248. The van der Waals surface area contributed by atoms with E-state index in [0.717, 1.165) is 5.56 Å². The molecule has 0 amide bonds. The van der Waals surface area contributed by atoms with Gasteiger partial charge in [0.25, 0.3) is 0 Å². The van der Waals surface area contributed by atoms with Gasteiger partial charge in [0.05, 0.1) is 19.9 Å². The maximum absolute atomic E-state index is 13.1. The lowest BCUT2D eigenvalue weighted by Crippen LogP contribution is -2.15. The van der Waals surface area contributed by atoms with Gasteiger partial charge in [0.2, 0.25) is 17.8 Å². The van der Waals surface area contributed by atoms with E-state index < -0.39 is 0 Å². The smallest absolute Gasteiger partial charge is 0.250 e. The molecule has 0 radical (unpaired) electrons. The average molecular weight is 425 g/mol. The van der Waals surface area contributed by atoms with Crippen molar-refractivity contribution in [1.82, 2.24) is 15.0 Å². The van der Waals surface area contributed by atoms with E-state index in [1.165, 1.54) is 12.1 Å². The summed E-state index contributed by atoms with van der Waals surface area (Å²) in [6.07, 6.45) is 1.62. The van der Waals surface area contributed by atoms with Crippen LogP contribution in [0.5, 0.6) is 11.5 Å². The highest BCUT2D eigenvalue weighted by atomic mass is 19.1. The van der Waals surface area contributed by atoms with Crippen LogP contribution in [0.15, 0.2) is 47.6 Å². The highest BCUT2D eigenvalue weighted by molar-refractivity contribution is 5.81. The fourth-order valence-electron chi connectivity index (χ4n) is 2.54. The number of nitrogens with one attached hydrogen (secondary N) is 2. The number of benzene rings is 2. The van der Waals surface area contributed by atoms with Gasteiger partial charge in [0.15, 0.2) is 11.5 Å². The van der Waals surface area contributed by atoms with Crippen LogP contribution in [0.3, 0.4) is 0 Å². The molecule has 0 saturated carbocycles. The van der Waals surface area contributed by atoms with Gasteiger partial charge in [-0.3, -0.25) is 0 Å². The Hall–Kier alpha value is -3.95. The lowest BCUT2D eigenvalue weighted by Gasteiger charge is -2.13. The minimum atomic E-state index is -0.321. The summed E-state index contributed by atoms with van der Waals surface area (Å²) in [4.78, 5) is 14.7. The molecule has 0 aliphatic carbocycles. The molecular formula is C21H24FN7O2. The second-order valence-electron chi connectivity index (χ2n) is 6.52. The Kier molecular flexibility index (Phi) is 7.15. The zero-order valence-electron chi connectivity index (χ0n) is 17.8. The summed E-state index contributed by atoms with van der Waals surface area (Å²) in [5.41, 5.74) is 4.26. The van der Waals surface area contributed by atoms with Gasteiger partial charge >= 0.3 is 0 Å². The van der Waals surface area contributed by atoms with E-state index in [1.807, 2.05) is 39.2 Å². The monoisotopic (exact) mass is 425 g/mol. The average Bonchev–Trinajstić information content (AvgIpc) is 2.76. The summed E-state index contributed by atoms with van der Waals surface area (Å²) < 4.78 is 24.0. The standard InChI is InChI=1S/C21H24FN7O2/c1-5-31-17-11-6-14(12-18(17)30-4)13-23-28-20-25-19(26-21(27-20)29(2)3)24-16-9-7-15(22)8-10-16/h6-13H,5H2,1-4H3,(H2,24,25,26,27,28)/b23-13+. The van der Waals surface area contributed by atoms with E-state index in [2.05, 4.69) is 30.8 Å². The van der Waals surface area contributed by atoms with Gasteiger partial charge in [-0.1, -0.05) is 0 Å². The molecule has 0 fully saturated rings. The summed E-state index contributed by atoms with van der Waals surface area (Å²) in [6.45, 7) is 2.46. The quantitative estimate of drug-likeness (QED) is 0.396. The van der Waals surface area contributed by atoms with Gasteiger partial charge in [-0.25, -0.2) is 9.82 Å². The number of anilines is 4. The van der Waals surface area contributed by atoms with Crippen molar-refractivity contribution in [2.45, 2.75) is 6.92 Å². The van der Waals surface area contributed by atoms with Crippen LogP contribution in [0, 0.1) is 5.82 Å². The molecule has 31 heavy (non-hydrogen) atoms. The first-order valence-corrected chi connectivity index (χ1v) is 9.54. The molecule has 2 N–H and O–H groups in total. The van der Waals surface area contributed by atoms with Crippen LogP contribution in [0.25, 0.3) is 0 Å². The number of ether oxygens (including phenoxy) is 2. The van der Waals surface area contributed by atoms with E-state index >= 15 is 0 Å². The first kappa shape index (κ1) is 21.8. The van der Waals surface area contributed by atoms with Crippen molar-refractivity contribution < 1.29 is 13.9 Å². The van der Waals surface area contributed by atoms with Crippen LogP contribution in [-0.4, -0.2) is 49.0 Å². The Bertz CT molecular complexity index is 1040. The predicted octanol–water partition coefficient (Wildman–Crippen LogP) is 3.67. The van der Waals surface area contributed by atoms with Gasteiger partial charge in [-0.2, -0.15) is 20.1 Å². The predicted molar refractivity (Wildman–Crippen MR) is 119 cm³/mol. The lowest BCUT2D eigenvalue weighted by atomic mass is 10.2. The fourth-order valence-corrected chi connectivity index (χ4v) is 2.54. The number of halogens is 1. The van der Waals surface area contributed by atoms with Gasteiger partial charge in [0.1, 0.15) is 5.82 Å². The number of aromatic nitrogens is 3. The molecule has 10 heteroatoms. The molecule has 0 saturated heterocycles. The highest BCUT2D eigenvalue weighted by Crippen LogP contribution is 2.27. The lowest BCUT2D eigenvalue weighted by molar-refractivity contribution is 0.311. The molecule has 0 aliphatic heterocycles. The van der Waals surface area contributed by atoms with Crippen molar-refractivity contribution >= 4 is 29.7 Å². The minimum Gasteiger partial charge on any atom is -0.493 e. The highest BCUT2D eigenvalue weighted by Gasteiger charge is 2.09. The molecule has 9 nitrogen and oxygen atoms in total. The van der Waals surface area contributed by atoms with Gasteiger partial charge in [-0.05, 0) is 55.0 Å². The molecule has 3 rings (SSSR count). The van der Waals surface area contributed by atoms with Gasteiger partial charge in [0, 0.05) is 19.8 Å². The van der Waals surface area contributed by atoms with Crippen molar-refractivity contribution in [2.24, 2.45) is 5.10 Å². The maximum atomic E-state index is 13.1. The second-order valence-corrected chi connectivity index (χ2v) is 6.52. The van der Waals surface area contributed by atoms with E-state index in [9.17, 15) is 4.39 Å². The van der Waals surface area contributed by atoms with Crippen molar-refractivity contribution in [3.05, 3.63) is 53.8 Å². The number of hydrogen-bond donors (Lipinski definition) is 2. The van der Waals surface area contributed by atoms with Crippen LogP contribution >= 0.6 is 0 Å². The van der Waals surface area contributed by atoms with E-state index in [4.69, 9.17) is 9.47 Å². The third kappa shape index (κ3) is 6.01. The number of methoxy groups -OCH3 is 1. The van der Waals surface area contributed by atoms with Crippen LogP contribution in [0.2, 0.25) is 0 Å². The molecule has 1 aromatic heterocycles. The topological polar surface area (TPSA) is 96.8 Å². The van der Waals surface area contributed by atoms with Crippen LogP contribution in [0.4, 0.5) is 27.9 Å². The van der Waals surface area contributed by atoms with Crippen LogP contribution < -0.4 is 25.1 Å². The zero-order valence-corrected chi connectivity index (χ0v) is 17.8. The summed E-state index contributed by atoms with van der Waals surface area (Å²) in [5.74, 6) is 1.94. The summed E-state index contributed by atoms with van der Waals surface area (Å²) in [5, 5.41) is 7.23. The van der Waals surface area contributed by atoms with E-state index in [-0.39, 0.29) is 11.8 Å². The molecule has 162 valence electrons. The summed E-state index contributed by atoms with van der Waals surface area (Å²) in [7, 11) is 5.22. The molecule has 0 atom stereocenters. The molecule has 0 spiro atoms. The Morgan fingerprint density at radius 3 is 2.45 bits per heavy atom. The largest absolute Gasteiger partial charge is 0.493 e. The Morgan fingerprint density at radius 1 is 1.03 bits per heavy atom. The van der Waals surface area contributed by atoms with Crippen molar-refractivity contribution in [3.63, 3.8) is 0 Å². The Morgan fingerprint density at radius 2 is 1.77 bits per heavy atom. The molecule has 1 heterocycles. The Labute approximate surface area is 180 Å². The van der Waals surface area contributed by atoms with Crippen LogP contribution in [0.1, 0.15) is 12.5 Å². The maximum Gasteiger partial charge on any atom is 0.250 e. The van der Waals surface area contributed by atoms with Crippen molar-refractivity contribution in [3.8, 4) is 11.5 Å². The molecule has 0 aliphatic rings. The van der Waals surface area contributed by atoms with Gasteiger partial charge in [-0.15, -0.1) is 0 Å². The van der Waals surface area contributed by atoms with Gasteiger partial charge < -0.3 is 19.7 Å². The summed E-state index contributed by atoms with van der Waals surface area (Å²) >= 11 is 0. The van der Waals surface area contributed by atoms with Crippen LogP contribution in [-0.2, 0) is 0 Å².